The maximum atomic E-state index is 11.5. The van der Waals surface area contributed by atoms with Gasteiger partial charge in [0.15, 0.2) is 6.61 Å². The molecular formula is C10H9ClN2O3. The zero-order valence-corrected chi connectivity index (χ0v) is 9.25. The number of imide groups is 1. The smallest absolute Gasteiger partial charge is 0.327 e. The number of amides is 2. The summed E-state index contributed by atoms with van der Waals surface area (Å²) in [5.74, 6) is -0.00615. The minimum absolute atomic E-state index is 0.176. The quantitative estimate of drug-likeness (QED) is 0.601. The third kappa shape index (κ3) is 1.69. The zero-order chi connectivity index (χ0) is 11.7. The summed E-state index contributed by atoms with van der Waals surface area (Å²) in [5.41, 5.74) is 1.13. The molecule has 0 radical (unpaired) electrons. The molecule has 1 N–H and O–H groups in total. The Morgan fingerprint density at radius 2 is 2.31 bits per heavy atom. The van der Waals surface area contributed by atoms with Gasteiger partial charge in [-0.1, -0.05) is 0 Å². The summed E-state index contributed by atoms with van der Waals surface area (Å²) in [7, 11) is 1.74. The topological polar surface area (TPSA) is 58.6 Å². The summed E-state index contributed by atoms with van der Waals surface area (Å²) >= 11 is 5.36. The van der Waals surface area contributed by atoms with E-state index in [-0.39, 0.29) is 6.61 Å². The highest BCUT2D eigenvalue weighted by Crippen LogP contribution is 2.35. The van der Waals surface area contributed by atoms with E-state index in [1.807, 2.05) is 0 Å². The van der Waals surface area contributed by atoms with Crippen LogP contribution in [0.15, 0.2) is 18.2 Å². The van der Waals surface area contributed by atoms with E-state index in [2.05, 4.69) is 5.32 Å². The van der Waals surface area contributed by atoms with Crippen LogP contribution in [-0.2, 0) is 4.79 Å². The molecule has 2 amide bonds. The van der Waals surface area contributed by atoms with Crippen LogP contribution in [0.1, 0.15) is 0 Å². The molecule has 6 heteroatoms. The first-order valence-electron chi connectivity index (χ1n) is 4.60. The van der Waals surface area contributed by atoms with Crippen molar-refractivity contribution in [1.29, 1.82) is 0 Å². The predicted octanol–water partition coefficient (Wildman–Crippen LogP) is 1.81. The van der Waals surface area contributed by atoms with Gasteiger partial charge in [-0.25, -0.2) is 4.90 Å². The van der Waals surface area contributed by atoms with Gasteiger partial charge in [0, 0.05) is 12.7 Å². The molecule has 1 aliphatic heterocycles. The Labute approximate surface area is 96.9 Å². The van der Waals surface area contributed by atoms with Crippen LogP contribution in [0.5, 0.6) is 5.75 Å². The Morgan fingerprint density at radius 3 is 2.94 bits per heavy atom. The van der Waals surface area contributed by atoms with Gasteiger partial charge in [-0.2, -0.15) is 0 Å². The predicted molar refractivity (Wildman–Crippen MR) is 60.2 cm³/mol. The van der Waals surface area contributed by atoms with Crippen LogP contribution >= 0.6 is 11.6 Å². The number of ether oxygens (including phenoxy) is 1. The van der Waals surface area contributed by atoms with Gasteiger partial charge in [-0.05, 0) is 29.8 Å². The van der Waals surface area contributed by atoms with Crippen molar-refractivity contribution >= 4 is 34.2 Å². The van der Waals surface area contributed by atoms with E-state index in [1.165, 1.54) is 0 Å². The number of hydrogen-bond acceptors (Lipinski definition) is 4. The Morgan fingerprint density at radius 1 is 1.56 bits per heavy atom. The normalized spacial score (nSPS) is 14.1. The summed E-state index contributed by atoms with van der Waals surface area (Å²) in [4.78, 5) is 23.5. The number of nitrogens with one attached hydrogen (secondary N) is 1. The summed E-state index contributed by atoms with van der Waals surface area (Å²) in [6.45, 7) is -0.176. The fourth-order valence-corrected chi connectivity index (χ4v) is 1.69. The SMILES string of the molecule is CNc1ccc2c(c1)N(C(=O)Cl)C(=O)CO2. The van der Waals surface area contributed by atoms with Crippen LogP contribution in [-0.4, -0.2) is 24.9 Å². The van der Waals surface area contributed by atoms with E-state index in [1.54, 1.807) is 25.2 Å². The van der Waals surface area contributed by atoms with Crippen LogP contribution < -0.4 is 15.0 Å². The van der Waals surface area contributed by atoms with E-state index < -0.39 is 11.3 Å². The van der Waals surface area contributed by atoms with Crippen molar-refractivity contribution in [2.24, 2.45) is 0 Å². The Bertz CT molecular complexity index is 461. The first kappa shape index (κ1) is 10.8. The van der Waals surface area contributed by atoms with E-state index in [9.17, 15) is 9.59 Å². The molecule has 0 spiro atoms. The summed E-state index contributed by atoms with van der Waals surface area (Å²) in [6, 6.07) is 5.10. The molecule has 0 aliphatic carbocycles. The van der Waals surface area contributed by atoms with E-state index in [0.29, 0.717) is 11.4 Å². The zero-order valence-electron chi connectivity index (χ0n) is 8.49. The van der Waals surface area contributed by atoms with Gasteiger partial charge in [-0.3, -0.25) is 9.59 Å². The average molecular weight is 241 g/mol. The molecule has 0 saturated heterocycles. The Kier molecular flexibility index (Phi) is 2.70. The van der Waals surface area contributed by atoms with Crippen molar-refractivity contribution in [3.63, 3.8) is 0 Å². The van der Waals surface area contributed by atoms with Gasteiger partial charge in [-0.15, -0.1) is 0 Å². The van der Waals surface area contributed by atoms with Crippen LogP contribution in [0.25, 0.3) is 0 Å². The van der Waals surface area contributed by atoms with Crippen LogP contribution in [0.3, 0.4) is 0 Å². The molecule has 1 aliphatic rings. The Balaban J connectivity index is 2.52. The highest BCUT2D eigenvalue weighted by Gasteiger charge is 2.29. The highest BCUT2D eigenvalue weighted by molar-refractivity contribution is 6.68. The molecule has 0 unspecified atom stereocenters. The number of carbonyl (C=O) groups is 2. The van der Waals surface area contributed by atoms with Crippen molar-refractivity contribution in [3.8, 4) is 5.75 Å². The van der Waals surface area contributed by atoms with Crippen molar-refractivity contribution in [1.82, 2.24) is 0 Å². The maximum Gasteiger partial charge on any atom is 0.327 e. The number of carbonyl (C=O) groups excluding carboxylic acids is 2. The standard InChI is InChI=1S/C10H9ClN2O3/c1-12-6-2-3-8-7(4-6)13(10(11)15)9(14)5-16-8/h2-4,12H,5H2,1H3. The lowest BCUT2D eigenvalue weighted by atomic mass is 10.2. The van der Waals surface area contributed by atoms with Gasteiger partial charge in [0.2, 0.25) is 0 Å². The van der Waals surface area contributed by atoms with Gasteiger partial charge in [0.1, 0.15) is 5.75 Å². The molecule has 84 valence electrons. The molecule has 0 aromatic heterocycles. The second-order valence-electron chi connectivity index (χ2n) is 3.20. The van der Waals surface area contributed by atoms with E-state index in [0.717, 1.165) is 10.6 Å². The number of benzene rings is 1. The molecule has 16 heavy (non-hydrogen) atoms. The molecular weight excluding hydrogens is 232 g/mol. The molecule has 1 heterocycles. The first-order valence-corrected chi connectivity index (χ1v) is 4.98. The van der Waals surface area contributed by atoms with E-state index in [4.69, 9.17) is 16.3 Å². The Hall–Kier alpha value is -1.75. The number of anilines is 2. The molecule has 0 saturated carbocycles. The van der Waals surface area contributed by atoms with Crippen LogP contribution in [0.2, 0.25) is 0 Å². The van der Waals surface area contributed by atoms with Crippen molar-refractivity contribution < 1.29 is 14.3 Å². The molecule has 2 rings (SSSR count). The minimum atomic E-state index is -0.831. The fraction of sp³-hybridized carbons (Fsp3) is 0.200. The van der Waals surface area contributed by atoms with Gasteiger partial charge < -0.3 is 10.1 Å². The summed E-state index contributed by atoms with van der Waals surface area (Å²) in [5, 5.41) is 2.07. The third-order valence-electron chi connectivity index (χ3n) is 2.26. The molecule has 5 nitrogen and oxygen atoms in total. The number of nitrogens with zero attached hydrogens (tertiary/aromatic N) is 1. The molecule has 0 fully saturated rings. The molecule has 0 bridgehead atoms. The number of hydrogen-bond donors (Lipinski definition) is 1. The van der Waals surface area contributed by atoms with E-state index >= 15 is 0 Å². The molecule has 1 aromatic carbocycles. The molecule has 1 aromatic rings. The van der Waals surface area contributed by atoms with Crippen molar-refractivity contribution in [2.45, 2.75) is 0 Å². The van der Waals surface area contributed by atoms with Crippen molar-refractivity contribution in [3.05, 3.63) is 18.2 Å². The molecule has 0 atom stereocenters. The summed E-state index contributed by atoms with van der Waals surface area (Å²) < 4.78 is 5.19. The number of fused-ring (bicyclic) bond motifs is 1. The summed E-state index contributed by atoms with van der Waals surface area (Å²) in [6.07, 6.45) is 0. The first-order chi connectivity index (χ1) is 7.63. The van der Waals surface area contributed by atoms with Gasteiger partial charge >= 0.3 is 5.37 Å². The maximum absolute atomic E-state index is 11.5. The average Bonchev–Trinajstić information content (AvgIpc) is 2.27. The third-order valence-corrected chi connectivity index (χ3v) is 2.43. The largest absolute Gasteiger partial charge is 0.482 e. The van der Waals surface area contributed by atoms with Crippen molar-refractivity contribution in [2.75, 3.05) is 23.9 Å². The minimum Gasteiger partial charge on any atom is -0.482 e. The van der Waals surface area contributed by atoms with Gasteiger partial charge in [0.25, 0.3) is 5.91 Å². The van der Waals surface area contributed by atoms with Crippen LogP contribution in [0.4, 0.5) is 16.2 Å². The second-order valence-corrected chi connectivity index (χ2v) is 3.53. The van der Waals surface area contributed by atoms with Crippen LogP contribution in [0, 0.1) is 0 Å². The lowest BCUT2D eigenvalue weighted by molar-refractivity contribution is -0.120. The monoisotopic (exact) mass is 240 g/mol. The number of rotatable bonds is 1. The van der Waals surface area contributed by atoms with Gasteiger partial charge in [0.05, 0.1) is 5.69 Å². The number of halogens is 1. The lowest BCUT2D eigenvalue weighted by Crippen LogP contribution is -2.40. The second kappa shape index (κ2) is 4.02. The fourth-order valence-electron chi connectivity index (χ4n) is 1.50. The lowest BCUT2D eigenvalue weighted by Gasteiger charge is -2.26. The highest BCUT2D eigenvalue weighted by atomic mass is 35.5.